The number of carbonyl (C=O) groups excluding carboxylic acids is 2. The lowest BCUT2D eigenvalue weighted by atomic mass is 10.0. The molecule has 2 aliphatic heterocycles. The zero-order valence-electron chi connectivity index (χ0n) is 10.8. The second-order valence-electron chi connectivity index (χ2n) is 4.73. The number of rotatable bonds is 4. The average Bonchev–Trinajstić information content (AvgIpc) is 2.89. The van der Waals surface area contributed by atoms with Crippen LogP contribution < -0.4 is 5.73 Å². The zero-order chi connectivity index (χ0) is 15.1. The summed E-state index contributed by atoms with van der Waals surface area (Å²) in [4.78, 5) is 37.6. The molecule has 2 aliphatic rings. The molecule has 1 amide bonds. The molecule has 0 saturated carbocycles. The third-order valence-corrected chi connectivity index (χ3v) is 5.50. The Morgan fingerprint density at radius 3 is 2.81 bits per heavy atom. The van der Waals surface area contributed by atoms with Crippen LogP contribution >= 0.6 is 23.1 Å². The minimum atomic E-state index is -1.28. The largest absolute Gasteiger partial charge is 0.477 e. The number of carboxylic acid groups (broad SMARTS) is 1. The van der Waals surface area contributed by atoms with Gasteiger partial charge in [-0.15, -0.1) is 23.1 Å². The van der Waals surface area contributed by atoms with E-state index < -0.39 is 11.3 Å². The summed E-state index contributed by atoms with van der Waals surface area (Å²) in [6.45, 7) is 0. The Kier molecular flexibility index (Phi) is 3.60. The third kappa shape index (κ3) is 2.39. The van der Waals surface area contributed by atoms with Crippen LogP contribution in [0.1, 0.15) is 11.3 Å². The SMILES string of the molecule is NC1SC2CC(=O)N2C(C(=O)O)=C1C(=O)Cc1cccs1. The number of Topliss-reactive ketones (excluding diaryl/α,β-unsaturated/α-hetero) is 1. The van der Waals surface area contributed by atoms with E-state index in [1.807, 2.05) is 17.5 Å². The van der Waals surface area contributed by atoms with Gasteiger partial charge in [-0.2, -0.15) is 0 Å². The minimum Gasteiger partial charge on any atom is -0.477 e. The summed E-state index contributed by atoms with van der Waals surface area (Å²) in [5, 5.41) is 10.2. The highest BCUT2D eigenvalue weighted by atomic mass is 32.2. The molecule has 3 rings (SSSR count). The van der Waals surface area contributed by atoms with Gasteiger partial charge in [0.15, 0.2) is 5.78 Å². The monoisotopic (exact) mass is 324 g/mol. The molecule has 110 valence electrons. The van der Waals surface area contributed by atoms with Gasteiger partial charge in [0, 0.05) is 11.3 Å². The van der Waals surface area contributed by atoms with Gasteiger partial charge in [0.05, 0.1) is 22.7 Å². The van der Waals surface area contributed by atoms with E-state index in [1.54, 1.807) is 0 Å². The van der Waals surface area contributed by atoms with Crippen molar-refractivity contribution >= 4 is 40.8 Å². The highest BCUT2D eigenvalue weighted by molar-refractivity contribution is 8.00. The van der Waals surface area contributed by atoms with Crippen molar-refractivity contribution in [2.75, 3.05) is 0 Å². The second kappa shape index (κ2) is 5.28. The Labute approximate surface area is 128 Å². The molecule has 0 radical (unpaired) electrons. The maximum atomic E-state index is 12.4. The highest BCUT2D eigenvalue weighted by Crippen LogP contribution is 2.42. The van der Waals surface area contributed by atoms with Gasteiger partial charge in [0.2, 0.25) is 5.91 Å². The molecule has 0 aliphatic carbocycles. The number of nitrogens with zero attached hydrogens (tertiary/aromatic N) is 1. The third-order valence-electron chi connectivity index (χ3n) is 3.41. The van der Waals surface area contributed by atoms with Crippen molar-refractivity contribution in [1.29, 1.82) is 0 Å². The quantitative estimate of drug-likeness (QED) is 0.794. The summed E-state index contributed by atoms with van der Waals surface area (Å²) in [5.41, 5.74) is 5.74. The molecule has 21 heavy (non-hydrogen) atoms. The zero-order valence-corrected chi connectivity index (χ0v) is 12.4. The van der Waals surface area contributed by atoms with Crippen LogP contribution in [-0.2, 0) is 20.8 Å². The lowest BCUT2D eigenvalue weighted by molar-refractivity contribution is -0.146. The number of thiophene rings is 1. The summed E-state index contributed by atoms with van der Waals surface area (Å²) >= 11 is 2.68. The van der Waals surface area contributed by atoms with Gasteiger partial charge in [-0.3, -0.25) is 14.5 Å². The van der Waals surface area contributed by atoms with Crippen molar-refractivity contribution in [3.8, 4) is 0 Å². The maximum Gasteiger partial charge on any atom is 0.353 e. The van der Waals surface area contributed by atoms with Gasteiger partial charge in [-0.25, -0.2) is 4.79 Å². The maximum absolute atomic E-state index is 12.4. The van der Waals surface area contributed by atoms with E-state index in [0.717, 1.165) is 4.88 Å². The molecule has 0 bridgehead atoms. The fraction of sp³-hybridized carbons (Fsp3) is 0.308. The van der Waals surface area contributed by atoms with Gasteiger partial charge < -0.3 is 10.8 Å². The average molecular weight is 324 g/mol. The van der Waals surface area contributed by atoms with E-state index in [-0.39, 0.29) is 41.2 Å². The van der Waals surface area contributed by atoms with Crippen molar-refractivity contribution in [2.45, 2.75) is 23.6 Å². The molecule has 8 heteroatoms. The number of hydrogen-bond donors (Lipinski definition) is 2. The molecule has 2 atom stereocenters. The summed E-state index contributed by atoms with van der Waals surface area (Å²) in [6, 6.07) is 3.63. The number of ketones is 1. The van der Waals surface area contributed by atoms with Gasteiger partial charge >= 0.3 is 5.97 Å². The van der Waals surface area contributed by atoms with Gasteiger partial charge in [0.25, 0.3) is 0 Å². The topological polar surface area (TPSA) is 101 Å². The fourth-order valence-corrected chi connectivity index (χ4v) is 4.45. The fourth-order valence-electron chi connectivity index (χ4n) is 2.44. The Morgan fingerprint density at radius 2 is 2.24 bits per heavy atom. The van der Waals surface area contributed by atoms with Crippen molar-refractivity contribution in [3.05, 3.63) is 33.7 Å². The Hall–Kier alpha value is -1.64. The normalized spacial score (nSPS) is 24.6. The molecule has 1 saturated heterocycles. The smallest absolute Gasteiger partial charge is 0.353 e. The summed E-state index contributed by atoms with van der Waals surface area (Å²) in [7, 11) is 0. The standard InChI is InChI=1S/C13H12N2O4S2/c14-12-10(7(16)4-6-2-1-3-20-6)11(13(18)19)15-8(17)5-9(15)21-12/h1-3,9,12H,4-5,14H2,(H,18,19). The van der Waals surface area contributed by atoms with Crippen LogP contribution in [0.2, 0.25) is 0 Å². The predicted molar refractivity (Wildman–Crippen MR) is 78.5 cm³/mol. The van der Waals surface area contributed by atoms with Crippen LogP contribution in [-0.4, -0.2) is 38.4 Å². The summed E-state index contributed by atoms with van der Waals surface area (Å²) in [5.74, 6) is -1.90. The molecule has 3 heterocycles. The van der Waals surface area contributed by atoms with Gasteiger partial charge in [-0.05, 0) is 11.4 Å². The lowest BCUT2D eigenvalue weighted by Crippen LogP contribution is -2.57. The van der Waals surface area contributed by atoms with Crippen molar-refractivity contribution in [1.82, 2.24) is 4.90 Å². The van der Waals surface area contributed by atoms with Crippen LogP contribution in [0.25, 0.3) is 0 Å². The van der Waals surface area contributed by atoms with Crippen LogP contribution in [0.4, 0.5) is 0 Å². The van der Waals surface area contributed by atoms with E-state index in [1.165, 1.54) is 28.0 Å². The number of nitrogens with two attached hydrogens (primary N) is 1. The van der Waals surface area contributed by atoms with E-state index >= 15 is 0 Å². The van der Waals surface area contributed by atoms with Crippen LogP contribution in [0.3, 0.4) is 0 Å². The molecule has 1 aromatic heterocycles. The molecule has 3 N–H and O–H groups in total. The highest BCUT2D eigenvalue weighted by Gasteiger charge is 2.49. The molecule has 1 fully saturated rings. The first-order valence-electron chi connectivity index (χ1n) is 6.25. The summed E-state index contributed by atoms with van der Waals surface area (Å²) < 4.78 is 0. The molecule has 6 nitrogen and oxygen atoms in total. The first kappa shape index (κ1) is 14.3. The van der Waals surface area contributed by atoms with E-state index in [0.29, 0.717) is 0 Å². The van der Waals surface area contributed by atoms with Gasteiger partial charge in [0.1, 0.15) is 5.70 Å². The molecular weight excluding hydrogens is 312 g/mol. The van der Waals surface area contributed by atoms with E-state index in [9.17, 15) is 19.5 Å². The van der Waals surface area contributed by atoms with Crippen LogP contribution in [0.5, 0.6) is 0 Å². The number of carbonyl (C=O) groups is 3. The van der Waals surface area contributed by atoms with Crippen molar-refractivity contribution < 1.29 is 19.5 Å². The van der Waals surface area contributed by atoms with Crippen LogP contribution in [0, 0.1) is 0 Å². The van der Waals surface area contributed by atoms with Crippen LogP contribution in [0.15, 0.2) is 28.8 Å². The minimum absolute atomic E-state index is 0.0326. The Morgan fingerprint density at radius 1 is 1.48 bits per heavy atom. The first-order valence-corrected chi connectivity index (χ1v) is 8.07. The van der Waals surface area contributed by atoms with Gasteiger partial charge in [-0.1, -0.05) is 6.07 Å². The number of β-lactam (4-membered cyclic amide) rings is 1. The van der Waals surface area contributed by atoms with E-state index in [2.05, 4.69) is 0 Å². The number of hydrogen-bond acceptors (Lipinski definition) is 6. The first-order chi connectivity index (χ1) is 9.99. The van der Waals surface area contributed by atoms with E-state index in [4.69, 9.17) is 5.73 Å². The molecule has 0 spiro atoms. The molecule has 1 aromatic rings. The molecule has 2 unspecified atom stereocenters. The summed E-state index contributed by atoms with van der Waals surface area (Å²) in [6.07, 6.45) is 0.367. The molecule has 0 aromatic carbocycles. The Bertz CT molecular complexity index is 653. The number of amides is 1. The number of fused-ring (bicyclic) bond motifs is 1. The second-order valence-corrected chi connectivity index (χ2v) is 7.08. The number of thioether (sulfide) groups is 1. The van der Waals surface area contributed by atoms with Crippen molar-refractivity contribution in [3.63, 3.8) is 0 Å². The number of aliphatic carboxylic acids is 1. The lowest BCUT2D eigenvalue weighted by Gasteiger charge is -2.45. The molecular formula is C13H12N2O4S2. The number of carboxylic acids is 1. The van der Waals surface area contributed by atoms with Crippen molar-refractivity contribution in [2.24, 2.45) is 5.73 Å². The predicted octanol–water partition coefficient (Wildman–Crippen LogP) is 0.788. The Balaban J connectivity index is 1.98.